The third-order valence-electron chi connectivity index (χ3n) is 4.68. The van der Waals surface area contributed by atoms with Gasteiger partial charge in [0.05, 0.1) is 29.4 Å². The molecule has 31 heavy (non-hydrogen) atoms. The predicted octanol–water partition coefficient (Wildman–Crippen LogP) is 4.28. The molecule has 0 aliphatic rings. The van der Waals surface area contributed by atoms with Gasteiger partial charge in [-0.05, 0) is 24.3 Å². The van der Waals surface area contributed by atoms with Gasteiger partial charge >= 0.3 is 5.97 Å². The number of halogens is 1. The Kier molecular flexibility index (Phi) is 5.51. The topological polar surface area (TPSA) is 101 Å². The highest BCUT2D eigenvalue weighted by Crippen LogP contribution is 2.30. The number of nitrogens with zero attached hydrogens (tertiary/aromatic N) is 1. The predicted molar refractivity (Wildman–Crippen MR) is 119 cm³/mol. The summed E-state index contributed by atoms with van der Waals surface area (Å²) >= 11 is 6.32. The Labute approximate surface area is 181 Å². The van der Waals surface area contributed by atoms with Crippen molar-refractivity contribution in [3.8, 4) is 11.3 Å². The third-order valence-corrected chi connectivity index (χ3v) is 5.01. The van der Waals surface area contributed by atoms with E-state index in [1.807, 2.05) is 18.2 Å². The van der Waals surface area contributed by atoms with E-state index in [9.17, 15) is 14.4 Å². The standard InChI is InChI=1S/C23H16ClN3O4/c1-31-23(30)13-10-20(22(29)25-12-13)27-21(28)16-11-19(15-7-2-4-8-17(15)24)26-18-9-5-3-6-14(16)18/h2-12H,1H3,(H,25,29)(H,27,28). The quantitative estimate of drug-likeness (QED) is 0.468. The molecule has 2 heterocycles. The van der Waals surface area contributed by atoms with Crippen molar-refractivity contribution in [2.45, 2.75) is 0 Å². The third kappa shape index (κ3) is 4.04. The van der Waals surface area contributed by atoms with Gasteiger partial charge in [0.1, 0.15) is 5.69 Å². The molecule has 0 atom stereocenters. The van der Waals surface area contributed by atoms with Crippen LogP contribution in [-0.4, -0.2) is 29.0 Å². The summed E-state index contributed by atoms with van der Waals surface area (Å²) in [5, 5.41) is 3.69. The van der Waals surface area contributed by atoms with Gasteiger partial charge in [-0.3, -0.25) is 9.59 Å². The number of anilines is 1. The second kappa shape index (κ2) is 8.41. The number of aromatic nitrogens is 2. The van der Waals surface area contributed by atoms with E-state index in [1.54, 1.807) is 36.4 Å². The van der Waals surface area contributed by atoms with E-state index in [0.29, 0.717) is 32.7 Å². The van der Waals surface area contributed by atoms with Crippen LogP contribution in [0.2, 0.25) is 5.02 Å². The number of H-pyrrole nitrogens is 1. The number of rotatable bonds is 4. The maximum Gasteiger partial charge on any atom is 0.339 e. The highest BCUT2D eigenvalue weighted by atomic mass is 35.5. The summed E-state index contributed by atoms with van der Waals surface area (Å²) in [6.45, 7) is 0. The summed E-state index contributed by atoms with van der Waals surface area (Å²) in [7, 11) is 1.23. The molecule has 0 saturated carbocycles. The maximum absolute atomic E-state index is 13.2. The molecule has 8 heteroatoms. The molecule has 7 nitrogen and oxygen atoms in total. The van der Waals surface area contributed by atoms with Gasteiger partial charge in [0.2, 0.25) is 0 Å². The van der Waals surface area contributed by atoms with Crippen LogP contribution in [-0.2, 0) is 4.74 Å². The van der Waals surface area contributed by atoms with E-state index >= 15 is 0 Å². The summed E-state index contributed by atoms with van der Waals surface area (Å²) < 4.78 is 4.66. The number of pyridine rings is 2. The number of amides is 1. The number of ether oxygens (including phenoxy) is 1. The second-order valence-electron chi connectivity index (χ2n) is 6.63. The fraction of sp³-hybridized carbons (Fsp3) is 0.0435. The van der Waals surface area contributed by atoms with Crippen molar-refractivity contribution in [2.75, 3.05) is 12.4 Å². The number of hydrogen-bond acceptors (Lipinski definition) is 5. The number of carbonyl (C=O) groups is 2. The normalized spacial score (nSPS) is 10.6. The molecule has 0 unspecified atom stereocenters. The Morgan fingerprint density at radius 2 is 1.81 bits per heavy atom. The zero-order valence-corrected chi connectivity index (χ0v) is 17.1. The maximum atomic E-state index is 13.2. The molecular formula is C23H16ClN3O4. The number of carbonyl (C=O) groups excluding carboxylic acids is 2. The van der Waals surface area contributed by atoms with Gasteiger partial charge in [0.25, 0.3) is 11.5 Å². The van der Waals surface area contributed by atoms with Crippen molar-refractivity contribution in [3.63, 3.8) is 0 Å². The van der Waals surface area contributed by atoms with Gasteiger partial charge in [0.15, 0.2) is 0 Å². The summed E-state index contributed by atoms with van der Waals surface area (Å²) in [4.78, 5) is 44.2. The molecular weight excluding hydrogens is 418 g/mol. The van der Waals surface area contributed by atoms with Crippen molar-refractivity contribution in [2.24, 2.45) is 0 Å². The number of hydrogen-bond donors (Lipinski definition) is 2. The molecule has 154 valence electrons. The lowest BCUT2D eigenvalue weighted by molar-refractivity contribution is 0.0600. The highest BCUT2D eigenvalue weighted by Gasteiger charge is 2.17. The molecule has 2 aromatic carbocycles. The monoisotopic (exact) mass is 433 g/mol. The van der Waals surface area contributed by atoms with E-state index < -0.39 is 17.4 Å². The van der Waals surface area contributed by atoms with Crippen LogP contribution in [0.5, 0.6) is 0 Å². The number of methoxy groups -OCH3 is 1. The smallest absolute Gasteiger partial charge is 0.339 e. The van der Waals surface area contributed by atoms with Gasteiger partial charge in [-0.25, -0.2) is 9.78 Å². The number of fused-ring (bicyclic) bond motifs is 1. The first kappa shape index (κ1) is 20.3. The lowest BCUT2D eigenvalue weighted by Gasteiger charge is -2.11. The number of nitrogens with one attached hydrogen (secondary N) is 2. The molecule has 0 fully saturated rings. The van der Waals surface area contributed by atoms with Crippen LogP contribution in [0.25, 0.3) is 22.2 Å². The number of esters is 1. The molecule has 1 amide bonds. The van der Waals surface area contributed by atoms with E-state index in [2.05, 4.69) is 20.0 Å². The highest BCUT2D eigenvalue weighted by molar-refractivity contribution is 6.33. The van der Waals surface area contributed by atoms with Gasteiger partial charge in [-0.15, -0.1) is 0 Å². The molecule has 0 radical (unpaired) electrons. The van der Waals surface area contributed by atoms with Crippen molar-refractivity contribution in [1.29, 1.82) is 0 Å². The van der Waals surface area contributed by atoms with E-state index in [0.717, 1.165) is 0 Å². The summed E-state index contributed by atoms with van der Waals surface area (Å²) in [5.41, 5.74) is 1.58. The van der Waals surface area contributed by atoms with Gasteiger partial charge in [-0.2, -0.15) is 0 Å². The number of benzene rings is 2. The first-order chi connectivity index (χ1) is 15.0. The van der Waals surface area contributed by atoms with Crippen LogP contribution >= 0.6 is 11.6 Å². The van der Waals surface area contributed by atoms with E-state index in [1.165, 1.54) is 19.4 Å². The Hall–Kier alpha value is -3.97. The van der Waals surface area contributed by atoms with Crippen LogP contribution in [0.3, 0.4) is 0 Å². The molecule has 2 N–H and O–H groups in total. The second-order valence-corrected chi connectivity index (χ2v) is 7.04. The first-order valence-corrected chi connectivity index (χ1v) is 9.63. The zero-order valence-electron chi connectivity index (χ0n) is 16.3. The molecule has 0 bridgehead atoms. The Balaban J connectivity index is 1.81. The zero-order chi connectivity index (χ0) is 22.0. The lowest BCUT2D eigenvalue weighted by atomic mass is 10.0. The van der Waals surface area contributed by atoms with E-state index in [-0.39, 0.29) is 11.3 Å². The molecule has 4 rings (SSSR count). The average Bonchev–Trinajstić information content (AvgIpc) is 2.79. The minimum Gasteiger partial charge on any atom is -0.465 e. The molecule has 0 aliphatic heterocycles. The van der Waals surface area contributed by atoms with Crippen molar-refractivity contribution >= 4 is 40.1 Å². The van der Waals surface area contributed by atoms with Crippen LogP contribution < -0.4 is 10.9 Å². The molecule has 0 spiro atoms. The number of para-hydroxylation sites is 1. The molecule has 2 aromatic heterocycles. The minimum atomic E-state index is -0.637. The largest absolute Gasteiger partial charge is 0.465 e. The van der Waals surface area contributed by atoms with Crippen LogP contribution in [0.15, 0.2) is 71.7 Å². The van der Waals surface area contributed by atoms with Crippen LogP contribution in [0.4, 0.5) is 5.69 Å². The van der Waals surface area contributed by atoms with Gasteiger partial charge in [-0.1, -0.05) is 48.0 Å². The van der Waals surface area contributed by atoms with Gasteiger partial charge in [0, 0.05) is 22.2 Å². The van der Waals surface area contributed by atoms with Gasteiger partial charge < -0.3 is 15.0 Å². The van der Waals surface area contributed by atoms with E-state index in [4.69, 9.17) is 11.6 Å². The Bertz CT molecular complexity index is 1380. The van der Waals surface area contributed by atoms with Crippen molar-refractivity contribution in [3.05, 3.63) is 93.4 Å². The molecule has 0 aliphatic carbocycles. The fourth-order valence-corrected chi connectivity index (χ4v) is 3.40. The summed E-state index contributed by atoms with van der Waals surface area (Å²) in [6, 6.07) is 17.2. The Morgan fingerprint density at radius 3 is 2.58 bits per heavy atom. The number of aromatic amines is 1. The minimum absolute atomic E-state index is 0.0758. The lowest BCUT2D eigenvalue weighted by Crippen LogP contribution is -2.21. The van der Waals surface area contributed by atoms with Crippen LogP contribution in [0, 0.1) is 0 Å². The summed E-state index contributed by atoms with van der Waals surface area (Å²) in [5.74, 6) is -1.17. The van der Waals surface area contributed by atoms with Crippen molar-refractivity contribution < 1.29 is 14.3 Å². The Morgan fingerprint density at radius 1 is 1.06 bits per heavy atom. The SMILES string of the molecule is COC(=O)c1c[nH]c(=O)c(NC(=O)c2cc(-c3ccccc3Cl)nc3ccccc23)c1. The average molecular weight is 434 g/mol. The fourth-order valence-electron chi connectivity index (χ4n) is 3.17. The van der Waals surface area contributed by atoms with Crippen LogP contribution in [0.1, 0.15) is 20.7 Å². The molecule has 0 saturated heterocycles. The first-order valence-electron chi connectivity index (χ1n) is 9.25. The van der Waals surface area contributed by atoms with Crippen molar-refractivity contribution in [1.82, 2.24) is 9.97 Å². The molecule has 4 aromatic rings. The summed E-state index contributed by atoms with van der Waals surface area (Å²) in [6.07, 6.45) is 1.22.